The number of hydrogen-bond donors (Lipinski definition) is 3. The lowest BCUT2D eigenvalue weighted by Gasteiger charge is -2.11. The van der Waals surface area contributed by atoms with Gasteiger partial charge in [-0.25, -0.2) is 9.07 Å². The standard InChI is InChI=1S/C25H22ClFN6O2/c1-15(14-28)30-25(35)22-13-23(33(32-22)16-7-3-2-4-8-16)31-24(34)17-11-18(20(27)12-19(17)26)21-9-5-6-10-29-21/h2-13,15H,14,28H2,1H3,(H,30,35)(H,31,34)/t15-/m1/s1. The number of nitrogens with two attached hydrogens (primary N) is 1. The van der Waals surface area contributed by atoms with E-state index in [-0.39, 0.29) is 40.2 Å². The van der Waals surface area contributed by atoms with Crippen LogP contribution >= 0.6 is 11.6 Å². The predicted molar refractivity (Wildman–Crippen MR) is 132 cm³/mol. The van der Waals surface area contributed by atoms with Crippen molar-refractivity contribution in [3.8, 4) is 16.9 Å². The van der Waals surface area contributed by atoms with E-state index < -0.39 is 17.6 Å². The molecule has 0 aliphatic heterocycles. The molecule has 35 heavy (non-hydrogen) atoms. The number of aromatic nitrogens is 3. The molecule has 0 radical (unpaired) electrons. The van der Waals surface area contributed by atoms with Crippen molar-refractivity contribution in [2.75, 3.05) is 11.9 Å². The van der Waals surface area contributed by atoms with E-state index in [9.17, 15) is 14.0 Å². The maximum atomic E-state index is 14.6. The lowest BCUT2D eigenvalue weighted by atomic mass is 10.1. The summed E-state index contributed by atoms with van der Waals surface area (Å²) in [6.45, 7) is 2.03. The van der Waals surface area contributed by atoms with E-state index in [1.54, 1.807) is 49.4 Å². The van der Waals surface area contributed by atoms with Gasteiger partial charge in [0.1, 0.15) is 11.6 Å². The van der Waals surface area contributed by atoms with Gasteiger partial charge in [0.25, 0.3) is 11.8 Å². The van der Waals surface area contributed by atoms with Crippen molar-refractivity contribution in [2.24, 2.45) is 5.73 Å². The Hall–Kier alpha value is -4.08. The summed E-state index contributed by atoms with van der Waals surface area (Å²) >= 11 is 6.22. The Balaban J connectivity index is 1.70. The molecule has 0 saturated heterocycles. The van der Waals surface area contributed by atoms with Crippen molar-refractivity contribution < 1.29 is 14.0 Å². The number of halogens is 2. The van der Waals surface area contributed by atoms with Crippen LogP contribution in [0.5, 0.6) is 0 Å². The van der Waals surface area contributed by atoms with Crippen LogP contribution in [0, 0.1) is 5.82 Å². The van der Waals surface area contributed by atoms with E-state index in [0.717, 1.165) is 6.07 Å². The van der Waals surface area contributed by atoms with Crippen LogP contribution < -0.4 is 16.4 Å². The van der Waals surface area contributed by atoms with Crippen LogP contribution in [0.25, 0.3) is 16.9 Å². The Kier molecular flexibility index (Phi) is 7.19. The lowest BCUT2D eigenvalue weighted by Crippen LogP contribution is -2.38. The minimum absolute atomic E-state index is 0.0392. The van der Waals surface area contributed by atoms with Crippen molar-refractivity contribution >= 4 is 29.2 Å². The molecule has 0 unspecified atom stereocenters. The third-order valence-corrected chi connectivity index (χ3v) is 5.47. The molecule has 10 heteroatoms. The van der Waals surface area contributed by atoms with E-state index >= 15 is 0 Å². The summed E-state index contributed by atoms with van der Waals surface area (Å²) in [5, 5.41) is 9.77. The monoisotopic (exact) mass is 492 g/mol. The van der Waals surface area contributed by atoms with E-state index in [0.29, 0.717) is 11.4 Å². The van der Waals surface area contributed by atoms with Gasteiger partial charge >= 0.3 is 0 Å². The molecule has 4 N–H and O–H groups in total. The summed E-state index contributed by atoms with van der Waals surface area (Å²) in [7, 11) is 0. The van der Waals surface area contributed by atoms with Gasteiger partial charge in [-0.2, -0.15) is 5.10 Å². The van der Waals surface area contributed by atoms with E-state index in [1.807, 2.05) is 6.07 Å². The maximum absolute atomic E-state index is 14.6. The van der Waals surface area contributed by atoms with Gasteiger partial charge in [-0.15, -0.1) is 0 Å². The SMILES string of the molecule is C[C@H](CN)NC(=O)c1cc(NC(=O)c2cc(-c3ccccn3)c(F)cc2Cl)n(-c2ccccc2)n1. The zero-order valence-corrected chi connectivity index (χ0v) is 19.5. The highest BCUT2D eigenvalue weighted by molar-refractivity contribution is 6.34. The molecule has 0 saturated carbocycles. The van der Waals surface area contributed by atoms with Gasteiger partial charge in [0.2, 0.25) is 0 Å². The number of benzene rings is 2. The van der Waals surface area contributed by atoms with Crippen LogP contribution in [0.15, 0.2) is 72.9 Å². The van der Waals surface area contributed by atoms with Crippen LogP contribution in [0.3, 0.4) is 0 Å². The molecule has 8 nitrogen and oxygen atoms in total. The van der Waals surface area contributed by atoms with Gasteiger partial charge in [-0.1, -0.05) is 35.9 Å². The molecule has 0 aliphatic carbocycles. The van der Waals surface area contributed by atoms with Crippen molar-refractivity contribution in [2.45, 2.75) is 13.0 Å². The first-order valence-corrected chi connectivity index (χ1v) is 11.1. The number of hydrogen-bond acceptors (Lipinski definition) is 5. The molecule has 1 atom stereocenters. The zero-order valence-electron chi connectivity index (χ0n) is 18.7. The van der Waals surface area contributed by atoms with Crippen LogP contribution in [0.4, 0.5) is 10.2 Å². The number of rotatable bonds is 7. The molecule has 0 fully saturated rings. The van der Waals surface area contributed by atoms with Gasteiger partial charge < -0.3 is 16.4 Å². The second-order valence-corrected chi connectivity index (χ2v) is 8.16. The second-order valence-electron chi connectivity index (χ2n) is 7.75. The fraction of sp³-hybridized carbons (Fsp3) is 0.120. The summed E-state index contributed by atoms with van der Waals surface area (Å²) in [4.78, 5) is 30.0. The topological polar surface area (TPSA) is 115 Å². The molecule has 2 aromatic carbocycles. The Morgan fingerprint density at radius 3 is 2.51 bits per heavy atom. The fourth-order valence-electron chi connectivity index (χ4n) is 3.33. The quantitative estimate of drug-likeness (QED) is 0.360. The number of carbonyl (C=O) groups is 2. The number of nitrogens with zero attached hydrogens (tertiary/aromatic N) is 3. The summed E-state index contributed by atoms with van der Waals surface area (Å²) in [5.74, 6) is -1.42. The molecule has 2 aromatic heterocycles. The first kappa shape index (κ1) is 24.1. The third kappa shape index (κ3) is 5.37. The molecule has 4 aromatic rings. The van der Waals surface area contributed by atoms with E-state index in [4.69, 9.17) is 17.3 Å². The minimum Gasteiger partial charge on any atom is -0.347 e. The smallest absolute Gasteiger partial charge is 0.272 e. The van der Waals surface area contributed by atoms with Crippen molar-refractivity contribution in [1.82, 2.24) is 20.1 Å². The van der Waals surface area contributed by atoms with E-state index in [2.05, 4.69) is 20.7 Å². The average Bonchev–Trinajstić information content (AvgIpc) is 3.29. The molecular weight excluding hydrogens is 471 g/mol. The van der Waals surface area contributed by atoms with Gasteiger partial charge in [0.15, 0.2) is 5.69 Å². The fourth-order valence-corrected chi connectivity index (χ4v) is 3.56. The third-order valence-electron chi connectivity index (χ3n) is 5.16. The average molecular weight is 493 g/mol. The molecule has 4 rings (SSSR count). The zero-order chi connectivity index (χ0) is 24.9. The normalized spacial score (nSPS) is 11.7. The lowest BCUT2D eigenvalue weighted by molar-refractivity contribution is 0.0935. The van der Waals surface area contributed by atoms with Crippen molar-refractivity contribution in [1.29, 1.82) is 0 Å². The molecule has 0 bridgehead atoms. The Labute approximate surface area is 205 Å². The number of carbonyl (C=O) groups excluding carboxylic acids is 2. The van der Waals surface area contributed by atoms with Crippen LogP contribution in [0.2, 0.25) is 5.02 Å². The molecule has 2 amide bonds. The maximum Gasteiger partial charge on any atom is 0.272 e. The highest BCUT2D eigenvalue weighted by atomic mass is 35.5. The van der Waals surface area contributed by atoms with Crippen LogP contribution in [-0.2, 0) is 0 Å². The number of pyridine rings is 1. The summed E-state index contributed by atoms with van der Waals surface area (Å²) in [5.41, 5.74) is 6.83. The Bertz CT molecular complexity index is 1360. The molecular formula is C25H22ClFN6O2. The Morgan fingerprint density at radius 2 is 1.83 bits per heavy atom. The molecule has 2 heterocycles. The first-order chi connectivity index (χ1) is 16.9. The van der Waals surface area contributed by atoms with Gasteiger partial charge in [0, 0.05) is 30.4 Å². The minimum atomic E-state index is -0.605. The van der Waals surface area contributed by atoms with Crippen LogP contribution in [-0.4, -0.2) is 39.2 Å². The van der Waals surface area contributed by atoms with E-state index in [1.165, 1.54) is 23.0 Å². The number of amides is 2. The second kappa shape index (κ2) is 10.5. The molecule has 0 spiro atoms. The highest BCUT2D eigenvalue weighted by Crippen LogP contribution is 2.28. The van der Waals surface area contributed by atoms with Gasteiger partial charge in [0.05, 0.1) is 22.0 Å². The van der Waals surface area contributed by atoms with Gasteiger partial charge in [-0.05, 0) is 43.3 Å². The number of nitrogens with one attached hydrogen (secondary N) is 2. The molecule has 178 valence electrons. The van der Waals surface area contributed by atoms with Crippen molar-refractivity contribution in [3.05, 3.63) is 95.0 Å². The molecule has 0 aliphatic rings. The summed E-state index contributed by atoms with van der Waals surface area (Å²) in [6, 6.07) is 17.6. The number of anilines is 1. The summed E-state index contributed by atoms with van der Waals surface area (Å²) in [6.07, 6.45) is 1.53. The first-order valence-electron chi connectivity index (χ1n) is 10.8. The van der Waals surface area contributed by atoms with Gasteiger partial charge in [-0.3, -0.25) is 14.6 Å². The summed E-state index contributed by atoms with van der Waals surface area (Å²) < 4.78 is 16.0. The number of para-hydroxylation sites is 1. The van der Waals surface area contributed by atoms with Crippen molar-refractivity contribution in [3.63, 3.8) is 0 Å². The predicted octanol–water partition coefficient (Wildman–Crippen LogP) is 4.06. The van der Waals surface area contributed by atoms with Crippen LogP contribution in [0.1, 0.15) is 27.8 Å². The highest BCUT2D eigenvalue weighted by Gasteiger charge is 2.21. The Morgan fingerprint density at radius 1 is 1.09 bits per heavy atom. The largest absolute Gasteiger partial charge is 0.347 e.